The van der Waals surface area contributed by atoms with E-state index in [9.17, 15) is 4.79 Å². The van der Waals surface area contributed by atoms with Crippen LogP contribution < -0.4 is 5.73 Å². The Morgan fingerprint density at radius 3 is 2.42 bits per heavy atom. The first-order valence-corrected chi connectivity index (χ1v) is 3.49. The number of primary amides is 1. The van der Waals surface area contributed by atoms with Crippen LogP contribution in [-0.2, 0) is 9.53 Å². The fourth-order valence-electron chi connectivity index (χ4n) is 1.06. The molecule has 3 unspecified atom stereocenters. The molecule has 0 saturated carbocycles. The van der Waals surface area contributed by atoms with E-state index in [-0.39, 0.29) is 6.61 Å². The van der Waals surface area contributed by atoms with Crippen LogP contribution in [0.1, 0.15) is 0 Å². The minimum Gasteiger partial charge on any atom is -0.388 e. The summed E-state index contributed by atoms with van der Waals surface area (Å²) in [4.78, 5) is 10.6. The summed E-state index contributed by atoms with van der Waals surface area (Å²) < 4.78 is 4.70. The van der Waals surface area contributed by atoms with Gasteiger partial charge in [0.1, 0.15) is 18.3 Å². The van der Waals surface area contributed by atoms with Gasteiger partial charge in [-0.25, -0.2) is 0 Å². The first kappa shape index (κ1) is 9.40. The molecule has 12 heavy (non-hydrogen) atoms. The van der Waals surface area contributed by atoms with Crippen LogP contribution in [0.15, 0.2) is 0 Å². The van der Waals surface area contributed by atoms with E-state index in [0.717, 1.165) is 0 Å². The molecule has 4 atom stereocenters. The summed E-state index contributed by atoms with van der Waals surface area (Å²) in [5.41, 5.74) is 4.85. The first-order valence-electron chi connectivity index (χ1n) is 3.49. The maximum atomic E-state index is 10.6. The summed E-state index contributed by atoms with van der Waals surface area (Å²) >= 11 is 0. The predicted octanol–water partition coefficient (Wildman–Crippen LogP) is -3.05. The number of amides is 1. The topological polar surface area (TPSA) is 113 Å². The molecular formula is C6H11NO5. The van der Waals surface area contributed by atoms with Gasteiger partial charge in [-0.15, -0.1) is 0 Å². The molecule has 0 aromatic rings. The van der Waals surface area contributed by atoms with Crippen molar-refractivity contribution in [2.45, 2.75) is 24.4 Å². The molecule has 1 amide bonds. The number of aliphatic hydroxyl groups is 3. The van der Waals surface area contributed by atoms with Gasteiger partial charge < -0.3 is 25.8 Å². The lowest BCUT2D eigenvalue weighted by Crippen LogP contribution is -2.57. The third kappa shape index (κ3) is 1.56. The third-order valence-corrected chi connectivity index (χ3v) is 1.78. The summed E-state index contributed by atoms with van der Waals surface area (Å²) in [7, 11) is 0. The van der Waals surface area contributed by atoms with Gasteiger partial charge in [0.2, 0.25) is 5.91 Å². The minimum atomic E-state index is -1.45. The number of ether oxygens (including phenoxy) is 1. The van der Waals surface area contributed by atoms with Crippen molar-refractivity contribution in [1.82, 2.24) is 0 Å². The van der Waals surface area contributed by atoms with Crippen LogP contribution in [0.25, 0.3) is 0 Å². The van der Waals surface area contributed by atoms with E-state index in [1.807, 2.05) is 0 Å². The van der Waals surface area contributed by atoms with Crippen molar-refractivity contribution in [1.29, 1.82) is 0 Å². The molecule has 1 fully saturated rings. The molecule has 1 aliphatic rings. The van der Waals surface area contributed by atoms with Crippen molar-refractivity contribution in [3.8, 4) is 0 Å². The highest BCUT2D eigenvalue weighted by atomic mass is 16.5. The van der Waals surface area contributed by atoms with Crippen LogP contribution in [0, 0.1) is 0 Å². The van der Waals surface area contributed by atoms with E-state index in [1.165, 1.54) is 0 Å². The van der Waals surface area contributed by atoms with E-state index in [2.05, 4.69) is 0 Å². The lowest BCUT2D eigenvalue weighted by atomic mass is 10.00. The second kappa shape index (κ2) is 3.36. The number of nitrogens with two attached hydrogens (primary N) is 1. The molecular weight excluding hydrogens is 166 g/mol. The second-order valence-corrected chi connectivity index (χ2v) is 2.70. The Balaban J connectivity index is 2.65. The van der Waals surface area contributed by atoms with Crippen molar-refractivity contribution in [3.05, 3.63) is 0 Å². The SMILES string of the molecule is NC(=O)C1OCC(O)C(O)[C@@H]1O. The Labute approximate surface area is 68.6 Å². The van der Waals surface area contributed by atoms with E-state index in [0.29, 0.717) is 0 Å². The van der Waals surface area contributed by atoms with Gasteiger partial charge in [0.05, 0.1) is 6.61 Å². The first-order chi connectivity index (χ1) is 5.54. The molecule has 0 aromatic carbocycles. The molecule has 1 rings (SSSR count). The Kier molecular flexibility index (Phi) is 2.63. The zero-order chi connectivity index (χ0) is 9.30. The molecule has 0 aliphatic carbocycles. The summed E-state index contributed by atoms with van der Waals surface area (Å²) in [6.07, 6.45) is -5.23. The molecule has 6 heteroatoms. The van der Waals surface area contributed by atoms with Crippen molar-refractivity contribution < 1.29 is 24.9 Å². The standard InChI is InChI=1S/C6H11NO5/c7-6(11)5-4(10)3(9)2(8)1-12-5/h2-5,8-10H,1H2,(H2,7,11)/t2?,3?,4-,5?/m0/s1. The summed E-state index contributed by atoms with van der Waals surface area (Å²) in [5, 5.41) is 27.2. The molecule has 0 aromatic heterocycles. The Bertz CT molecular complexity index is 185. The normalized spacial score (nSPS) is 42.6. The quantitative estimate of drug-likeness (QED) is 0.340. The van der Waals surface area contributed by atoms with Crippen LogP contribution >= 0.6 is 0 Å². The Hall–Kier alpha value is -0.690. The van der Waals surface area contributed by atoms with Crippen LogP contribution in [0.5, 0.6) is 0 Å². The lowest BCUT2D eigenvalue weighted by Gasteiger charge is -2.33. The Morgan fingerprint density at radius 2 is 1.92 bits per heavy atom. The number of carbonyl (C=O) groups is 1. The molecule has 0 bridgehead atoms. The molecule has 6 nitrogen and oxygen atoms in total. The summed E-state index contributed by atoms with van der Waals surface area (Å²) in [5.74, 6) is -0.853. The van der Waals surface area contributed by atoms with E-state index in [4.69, 9.17) is 25.8 Å². The van der Waals surface area contributed by atoms with Crippen molar-refractivity contribution in [2.24, 2.45) is 5.73 Å². The number of aliphatic hydroxyl groups excluding tert-OH is 3. The maximum Gasteiger partial charge on any atom is 0.249 e. The van der Waals surface area contributed by atoms with Crippen molar-refractivity contribution in [2.75, 3.05) is 6.61 Å². The minimum absolute atomic E-state index is 0.203. The fourth-order valence-corrected chi connectivity index (χ4v) is 1.06. The summed E-state index contributed by atoms with van der Waals surface area (Å²) in [6, 6.07) is 0. The van der Waals surface area contributed by atoms with Crippen LogP contribution in [0.4, 0.5) is 0 Å². The van der Waals surface area contributed by atoms with Crippen molar-refractivity contribution in [3.63, 3.8) is 0 Å². The van der Waals surface area contributed by atoms with E-state index >= 15 is 0 Å². The average Bonchev–Trinajstić information content (AvgIpc) is 2.00. The van der Waals surface area contributed by atoms with Gasteiger partial charge in [0.25, 0.3) is 0 Å². The zero-order valence-electron chi connectivity index (χ0n) is 6.25. The molecule has 5 N–H and O–H groups in total. The highest BCUT2D eigenvalue weighted by molar-refractivity contribution is 5.79. The molecule has 0 spiro atoms. The highest BCUT2D eigenvalue weighted by Gasteiger charge is 2.40. The van der Waals surface area contributed by atoms with Gasteiger partial charge in [0.15, 0.2) is 6.10 Å². The smallest absolute Gasteiger partial charge is 0.249 e. The molecule has 70 valence electrons. The van der Waals surface area contributed by atoms with Gasteiger partial charge in [-0.1, -0.05) is 0 Å². The monoisotopic (exact) mass is 177 g/mol. The van der Waals surface area contributed by atoms with Gasteiger partial charge in [0, 0.05) is 0 Å². The van der Waals surface area contributed by atoms with E-state index in [1.54, 1.807) is 0 Å². The third-order valence-electron chi connectivity index (χ3n) is 1.78. The number of rotatable bonds is 1. The van der Waals surface area contributed by atoms with Gasteiger partial charge >= 0.3 is 0 Å². The van der Waals surface area contributed by atoms with Crippen LogP contribution in [0.2, 0.25) is 0 Å². The molecule has 1 heterocycles. The van der Waals surface area contributed by atoms with Crippen LogP contribution in [-0.4, -0.2) is 52.2 Å². The number of carbonyl (C=O) groups excluding carboxylic acids is 1. The molecule has 0 radical (unpaired) electrons. The van der Waals surface area contributed by atoms with Gasteiger partial charge in [-0.2, -0.15) is 0 Å². The van der Waals surface area contributed by atoms with Gasteiger partial charge in [-0.3, -0.25) is 4.79 Å². The van der Waals surface area contributed by atoms with E-state index < -0.39 is 30.3 Å². The maximum absolute atomic E-state index is 10.6. The molecule has 1 aliphatic heterocycles. The Morgan fingerprint density at radius 1 is 1.33 bits per heavy atom. The predicted molar refractivity (Wildman–Crippen MR) is 37.0 cm³/mol. The fraction of sp³-hybridized carbons (Fsp3) is 0.833. The largest absolute Gasteiger partial charge is 0.388 e. The highest BCUT2D eigenvalue weighted by Crippen LogP contribution is 2.14. The zero-order valence-corrected chi connectivity index (χ0v) is 6.25. The lowest BCUT2D eigenvalue weighted by molar-refractivity contribution is -0.190. The number of hydrogen-bond acceptors (Lipinski definition) is 5. The average molecular weight is 177 g/mol. The molecule has 1 saturated heterocycles. The summed E-state index contributed by atoms with van der Waals surface area (Å²) in [6.45, 7) is -0.203. The van der Waals surface area contributed by atoms with Crippen LogP contribution in [0.3, 0.4) is 0 Å². The van der Waals surface area contributed by atoms with Crippen molar-refractivity contribution >= 4 is 5.91 Å². The van der Waals surface area contributed by atoms with Gasteiger partial charge in [-0.05, 0) is 0 Å². The second-order valence-electron chi connectivity index (χ2n) is 2.70. The number of hydrogen-bond donors (Lipinski definition) is 4.